The first-order valence-corrected chi connectivity index (χ1v) is 7.13. The van der Waals surface area contributed by atoms with Crippen molar-refractivity contribution in [1.29, 1.82) is 0 Å². The summed E-state index contributed by atoms with van der Waals surface area (Å²) in [7, 11) is 0. The molecule has 0 radical (unpaired) electrons. The zero-order valence-corrected chi connectivity index (χ0v) is 12.2. The molecular weight excluding hydrogens is 294 g/mol. The molecule has 0 aliphatic carbocycles. The first-order valence-electron chi connectivity index (χ1n) is 6.59. The topological polar surface area (TPSA) is 17.8 Å². The summed E-state index contributed by atoms with van der Waals surface area (Å²) in [6.07, 6.45) is 0.550. The molecule has 0 bridgehead atoms. The number of hydrogen-bond donors (Lipinski definition) is 0. The largest absolute Gasteiger partial charge is 0.296 e. The van der Waals surface area contributed by atoms with Crippen LogP contribution in [0.15, 0.2) is 36.4 Å². The number of aromatic nitrogens is 2. The standard InChI is InChI=1S/C16H13ClF2N2/c1-10-8-11(18)2-4-14(10)21-15-5-3-12(19)9-13(15)20-16(21)6-7-17/h2-5,8-9H,6-7H2,1H3. The maximum Gasteiger partial charge on any atom is 0.125 e. The number of imidazole rings is 1. The fourth-order valence-corrected chi connectivity index (χ4v) is 2.66. The van der Waals surface area contributed by atoms with Crippen LogP contribution >= 0.6 is 11.6 Å². The lowest BCUT2D eigenvalue weighted by atomic mass is 10.2. The van der Waals surface area contributed by atoms with Crippen molar-refractivity contribution in [2.75, 3.05) is 5.88 Å². The maximum absolute atomic E-state index is 13.4. The smallest absolute Gasteiger partial charge is 0.125 e. The molecule has 1 heterocycles. The predicted molar refractivity (Wildman–Crippen MR) is 80.1 cm³/mol. The van der Waals surface area contributed by atoms with E-state index in [4.69, 9.17) is 11.6 Å². The summed E-state index contributed by atoms with van der Waals surface area (Å²) >= 11 is 5.83. The van der Waals surface area contributed by atoms with E-state index in [2.05, 4.69) is 4.98 Å². The van der Waals surface area contributed by atoms with Crippen molar-refractivity contribution in [1.82, 2.24) is 9.55 Å². The Bertz CT molecular complexity index is 811. The number of rotatable bonds is 3. The molecule has 0 saturated carbocycles. The Morgan fingerprint density at radius 1 is 1.10 bits per heavy atom. The normalized spacial score (nSPS) is 11.2. The highest BCUT2D eigenvalue weighted by atomic mass is 35.5. The summed E-state index contributed by atoms with van der Waals surface area (Å²) in [6, 6.07) is 9.04. The van der Waals surface area contributed by atoms with E-state index in [1.54, 1.807) is 12.1 Å². The van der Waals surface area contributed by atoms with Gasteiger partial charge in [-0.2, -0.15) is 0 Å². The van der Waals surface area contributed by atoms with E-state index in [1.807, 2.05) is 11.5 Å². The van der Waals surface area contributed by atoms with Crippen LogP contribution in [0.1, 0.15) is 11.4 Å². The molecule has 0 unspecified atom stereocenters. The lowest BCUT2D eigenvalue weighted by molar-refractivity contribution is 0.626. The maximum atomic E-state index is 13.4. The van der Waals surface area contributed by atoms with E-state index in [0.29, 0.717) is 17.8 Å². The first-order chi connectivity index (χ1) is 10.1. The minimum Gasteiger partial charge on any atom is -0.296 e. The highest BCUT2D eigenvalue weighted by molar-refractivity contribution is 6.17. The van der Waals surface area contributed by atoms with Crippen molar-refractivity contribution in [2.24, 2.45) is 0 Å². The minimum absolute atomic E-state index is 0.286. The van der Waals surface area contributed by atoms with Gasteiger partial charge in [0.1, 0.15) is 17.5 Å². The zero-order chi connectivity index (χ0) is 15.0. The van der Waals surface area contributed by atoms with E-state index in [1.165, 1.54) is 24.3 Å². The van der Waals surface area contributed by atoms with Crippen molar-refractivity contribution in [3.63, 3.8) is 0 Å². The summed E-state index contributed by atoms with van der Waals surface area (Å²) in [6.45, 7) is 1.83. The monoisotopic (exact) mass is 306 g/mol. The molecule has 0 amide bonds. The number of alkyl halides is 1. The van der Waals surface area contributed by atoms with Gasteiger partial charge in [0.15, 0.2) is 0 Å². The lowest BCUT2D eigenvalue weighted by Gasteiger charge is -2.11. The lowest BCUT2D eigenvalue weighted by Crippen LogP contribution is -2.04. The van der Waals surface area contributed by atoms with Gasteiger partial charge >= 0.3 is 0 Å². The second-order valence-electron chi connectivity index (χ2n) is 4.87. The van der Waals surface area contributed by atoms with Gasteiger partial charge in [-0.05, 0) is 42.8 Å². The Kier molecular flexibility index (Phi) is 3.64. The van der Waals surface area contributed by atoms with Crippen molar-refractivity contribution < 1.29 is 8.78 Å². The van der Waals surface area contributed by atoms with Crippen LogP contribution in [0.3, 0.4) is 0 Å². The minimum atomic E-state index is -0.333. The van der Waals surface area contributed by atoms with E-state index in [0.717, 1.165) is 22.6 Å². The van der Waals surface area contributed by atoms with Gasteiger partial charge in [0.25, 0.3) is 0 Å². The molecule has 2 nitrogen and oxygen atoms in total. The molecule has 0 aliphatic heterocycles. The van der Waals surface area contributed by atoms with Crippen LogP contribution in [0.5, 0.6) is 0 Å². The van der Waals surface area contributed by atoms with Gasteiger partial charge in [-0.1, -0.05) is 0 Å². The number of fused-ring (bicyclic) bond motifs is 1. The average molecular weight is 307 g/mol. The van der Waals surface area contributed by atoms with Crippen LogP contribution in [-0.4, -0.2) is 15.4 Å². The molecule has 3 aromatic rings. The van der Waals surface area contributed by atoms with Gasteiger partial charge in [0.05, 0.1) is 16.7 Å². The number of benzene rings is 2. The molecule has 0 fully saturated rings. The molecule has 3 rings (SSSR count). The Hall–Kier alpha value is -1.94. The Morgan fingerprint density at radius 3 is 2.52 bits per heavy atom. The highest BCUT2D eigenvalue weighted by Crippen LogP contribution is 2.25. The van der Waals surface area contributed by atoms with Crippen LogP contribution < -0.4 is 0 Å². The van der Waals surface area contributed by atoms with Crippen LogP contribution in [0.4, 0.5) is 8.78 Å². The number of nitrogens with zero attached hydrogens (tertiary/aromatic N) is 2. The zero-order valence-electron chi connectivity index (χ0n) is 11.4. The van der Waals surface area contributed by atoms with Gasteiger partial charge in [-0.15, -0.1) is 11.6 Å². The van der Waals surface area contributed by atoms with E-state index < -0.39 is 0 Å². The van der Waals surface area contributed by atoms with Gasteiger partial charge in [-0.25, -0.2) is 13.8 Å². The van der Waals surface area contributed by atoms with Crippen LogP contribution in [0.2, 0.25) is 0 Å². The molecule has 0 atom stereocenters. The molecule has 0 spiro atoms. The number of halogens is 3. The van der Waals surface area contributed by atoms with Crippen molar-refractivity contribution >= 4 is 22.6 Å². The molecule has 0 saturated heterocycles. The molecule has 21 heavy (non-hydrogen) atoms. The second kappa shape index (κ2) is 5.45. The molecule has 0 aliphatic rings. The Balaban J connectivity index is 2.30. The Morgan fingerprint density at radius 2 is 1.81 bits per heavy atom. The Labute approximate surface area is 126 Å². The number of aryl methyl sites for hydroxylation is 2. The average Bonchev–Trinajstić information content (AvgIpc) is 2.76. The molecule has 0 N–H and O–H groups in total. The fourth-order valence-electron chi connectivity index (χ4n) is 2.49. The van der Waals surface area contributed by atoms with E-state index in [9.17, 15) is 8.78 Å². The van der Waals surface area contributed by atoms with Crippen LogP contribution in [0.25, 0.3) is 16.7 Å². The molecule has 5 heteroatoms. The summed E-state index contributed by atoms with van der Waals surface area (Å²) in [4.78, 5) is 4.45. The second-order valence-corrected chi connectivity index (χ2v) is 5.24. The molecule has 2 aromatic carbocycles. The van der Waals surface area contributed by atoms with E-state index in [-0.39, 0.29) is 11.6 Å². The van der Waals surface area contributed by atoms with Crippen LogP contribution in [-0.2, 0) is 6.42 Å². The van der Waals surface area contributed by atoms with Crippen molar-refractivity contribution in [2.45, 2.75) is 13.3 Å². The third-order valence-corrected chi connectivity index (χ3v) is 3.59. The predicted octanol–water partition coefficient (Wildman–Crippen LogP) is 4.39. The van der Waals surface area contributed by atoms with Gasteiger partial charge in [-0.3, -0.25) is 4.57 Å². The fraction of sp³-hybridized carbons (Fsp3) is 0.188. The number of hydrogen-bond acceptors (Lipinski definition) is 1. The highest BCUT2D eigenvalue weighted by Gasteiger charge is 2.14. The third kappa shape index (κ3) is 2.51. The first kappa shape index (κ1) is 14.0. The van der Waals surface area contributed by atoms with Crippen LogP contribution in [0, 0.1) is 18.6 Å². The molecular formula is C16H13ClF2N2. The third-order valence-electron chi connectivity index (χ3n) is 3.40. The van der Waals surface area contributed by atoms with Crippen molar-refractivity contribution in [3.8, 4) is 5.69 Å². The summed E-state index contributed by atoms with van der Waals surface area (Å²) < 4.78 is 28.6. The summed E-state index contributed by atoms with van der Waals surface area (Å²) in [5, 5.41) is 0. The molecule has 108 valence electrons. The van der Waals surface area contributed by atoms with E-state index >= 15 is 0 Å². The van der Waals surface area contributed by atoms with Gasteiger partial charge in [0, 0.05) is 18.4 Å². The van der Waals surface area contributed by atoms with Crippen molar-refractivity contribution in [3.05, 3.63) is 59.4 Å². The SMILES string of the molecule is Cc1cc(F)ccc1-n1c(CCCl)nc2cc(F)ccc21. The quantitative estimate of drug-likeness (QED) is 0.656. The summed E-state index contributed by atoms with van der Waals surface area (Å²) in [5.74, 6) is 0.526. The van der Waals surface area contributed by atoms with Gasteiger partial charge in [0.2, 0.25) is 0 Å². The molecule has 1 aromatic heterocycles. The summed E-state index contributed by atoms with van der Waals surface area (Å²) in [5.41, 5.74) is 2.96. The van der Waals surface area contributed by atoms with Gasteiger partial charge < -0.3 is 0 Å².